The van der Waals surface area contributed by atoms with Gasteiger partial charge in [0.25, 0.3) is 0 Å². The molecule has 0 saturated carbocycles. The number of ether oxygens (including phenoxy) is 2. The van der Waals surface area contributed by atoms with Crippen LogP contribution in [0, 0.1) is 0 Å². The van der Waals surface area contributed by atoms with E-state index in [9.17, 15) is 4.79 Å². The third kappa shape index (κ3) is 4.24. The van der Waals surface area contributed by atoms with E-state index in [0.717, 1.165) is 45.0 Å². The number of hydrogen-bond donors (Lipinski definition) is 1. The fraction of sp³-hybridized carbons (Fsp3) is 0.273. The average Bonchev–Trinajstić information content (AvgIpc) is 3.17. The van der Waals surface area contributed by atoms with Crippen LogP contribution in [-0.2, 0) is 11.2 Å². The highest BCUT2D eigenvalue weighted by atomic mass is 32.2. The second-order valence-electron chi connectivity index (χ2n) is 6.98. The third-order valence-corrected chi connectivity index (χ3v) is 5.77. The van der Waals surface area contributed by atoms with Crippen LogP contribution in [0.15, 0.2) is 47.5 Å². The van der Waals surface area contributed by atoms with Gasteiger partial charge in [-0.2, -0.15) is 0 Å². The summed E-state index contributed by atoms with van der Waals surface area (Å²) in [7, 11) is 3.97. The zero-order valence-corrected chi connectivity index (χ0v) is 17.5. The van der Waals surface area contributed by atoms with E-state index in [0.29, 0.717) is 11.5 Å². The first-order chi connectivity index (χ1) is 14.0. The van der Waals surface area contributed by atoms with Crippen LogP contribution in [0.25, 0.3) is 10.9 Å². The predicted octanol–water partition coefficient (Wildman–Crippen LogP) is 4.32. The van der Waals surface area contributed by atoms with E-state index in [1.807, 2.05) is 55.4 Å². The van der Waals surface area contributed by atoms with Crippen LogP contribution in [-0.4, -0.2) is 37.5 Å². The van der Waals surface area contributed by atoms with Gasteiger partial charge in [-0.25, -0.2) is 4.98 Å². The van der Waals surface area contributed by atoms with Crippen LogP contribution in [0.4, 0.5) is 11.4 Å². The second-order valence-corrected chi connectivity index (χ2v) is 7.95. The number of aryl methyl sites for hydroxylation is 1. The minimum atomic E-state index is -0.0535. The van der Waals surface area contributed by atoms with Crippen LogP contribution in [0.5, 0.6) is 11.5 Å². The Morgan fingerprint density at radius 2 is 1.86 bits per heavy atom. The van der Waals surface area contributed by atoms with Crippen molar-refractivity contribution >= 4 is 39.9 Å². The molecule has 1 amide bonds. The van der Waals surface area contributed by atoms with Crippen LogP contribution in [0.1, 0.15) is 12.5 Å². The summed E-state index contributed by atoms with van der Waals surface area (Å²) in [5.74, 6) is 1.71. The maximum atomic E-state index is 12.4. The number of thioether (sulfide) groups is 1. The first-order valence-electron chi connectivity index (χ1n) is 9.47. The van der Waals surface area contributed by atoms with Gasteiger partial charge in [0.1, 0.15) is 5.03 Å². The molecule has 0 spiro atoms. The molecule has 0 saturated heterocycles. The number of fused-ring (bicyclic) bond motifs is 2. The van der Waals surface area contributed by atoms with E-state index in [1.165, 1.54) is 11.8 Å². The van der Waals surface area contributed by atoms with E-state index in [-0.39, 0.29) is 12.7 Å². The van der Waals surface area contributed by atoms with Crippen molar-refractivity contribution in [3.8, 4) is 11.5 Å². The molecular formula is C22H23N3O3S. The van der Waals surface area contributed by atoms with E-state index in [4.69, 9.17) is 14.5 Å². The Morgan fingerprint density at radius 1 is 1.14 bits per heavy atom. The van der Waals surface area contributed by atoms with Crippen molar-refractivity contribution < 1.29 is 14.3 Å². The fourth-order valence-corrected chi connectivity index (χ4v) is 4.03. The maximum absolute atomic E-state index is 12.4. The zero-order valence-electron chi connectivity index (χ0n) is 16.7. The van der Waals surface area contributed by atoms with Gasteiger partial charge in [0, 0.05) is 36.9 Å². The lowest BCUT2D eigenvalue weighted by Gasteiger charge is -2.13. The molecule has 2 aromatic carbocycles. The topological polar surface area (TPSA) is 63.7 Å². The first kappa shape index (κ1) is 19.4. The third-order valence-electron chi connectivity index (χ3n) is 4.74. The molecule has 0 fully saturated rings. The van der Waals surface area contributed by atoms with Gasteiger partial charge >= 0.3 is 0 Å². The Kier molecular flexibility index (Phi) is 5.49. The highest BCUT2D eigenvalue weighted by Crippen LogP contribution is 2.37. The molecule has 150 valence electrons. The number of anilines is 2. The monoisotopic (exact) mass is 409 g/mol. The molecule has 1 aliphatic rings. The highest BCUT2D eigenvalue weighted by Gasteiger charge is 2.17. The van der Waals surface area contributed by atoms with E-state index in [1.54, 1.807) is 0 Å². The summed E-state index contributed by atoms with van der Waals surface area (Å²) < 4.78 is 10.9. The van der Waals surface area contributed by atoms with E-state index >= 15 is 0 Å². The van der Waals surface area contributed by atoms with Crippen molar-refractivity contribution in [1.29, 1.82) is 0 Å². The lowest BCUT2D eigenvalue weighted by molar-refractivity contribution is -0.113. The van der Waals surface area contributed by atoms with Gasteiger partial charge in [0.15, 0.2) is 11.5 Å². The SMILES string of the molecule is CCc1cc2cc3c(cc2nc1SCC(=O)Nc1ccc(N(C)C)cc1)OCO3. The molecule has 1 aliphatic heterocycles. The molecule has 29 heavy (non-hydrogen) atoms. The van der Waals surface area contributed by atoms with Crippen molar-refractivity contribution in [3.63, 3.8) is 0 Å². The largest absolute Gasteiger partial charge is 0.454 e. The fourth-order valence-electron chi connectivity index (χ4n) is 3.14. The quantitative estimate of drug-likeness (QED) is 0.612. The number of rotatable bonds is 6. The zero-order chi connectivity index (χ0) is 20.4. The van der Waals surface area contributed by atoms with Gasteiger partial charge in [-0.05, 0) is 48.4 Å². The summed E-state index contributed by atoms with van der Waals surface area (Å²) >= 11 is 1.45. The Balaban J connectivity index is 1.46. The Morgan fingerprint density at radius 3 is 2.55 bits per heavy atom. The summed E-state index contributed by atoms with van der Waals surface area (Å²) in [5, 5.41) is 4.83. The Labute approximate surface area is 174 Å². The van der Waals surface area contributed by atoms with Crippen LogP contribution in [0.2, 0.25) is 0 Å². The van der Waals surface area contributed by atoms with Crippen molar-refractivity contribution in [2.45, 2.75) is 18.4 Å². The number of aromatic nitrogens is 1. The molecule has 1 aromatic heterocycles. The molecule has 2 heterocycles. The normalized spacial score (nSPS) is 12.2. The molecular weight excluding hydrogens is 386 g/mol. The van der Waals surface area contributed by atoms with Crippen molar-refractivity contribution in [3.05, 3.63) is 48.0 Å². The van der Waals surface area contributed by atoms with Crippen molar-refractivity contribution in [1.82, 2.24) is 4.98 Å². The molecule has 3 aromatic rings. The summed E-state index contributed by atoms with van der Waals surface area (Å²) in [6.07, 6.45) is 0.841. The standard InChI is InChI=1S/C22H23N3O3S/c1-4-14-9-15-10-19-20(28-13-27-19)11-18(15)24-22(14)29-12-21(26)23-16-5-7-17(8-6-16)25(2)3/h5-11H,4,12-13H2,1-3H3,(H,23,26). The molecule has 1 N–H and O–H groups in total. The number of amides is 1. The van der Waals surface area contributed by atoms with Crippen LogP contribution in [0.3, 0.4) is 0 Å². The number of nitrogens with one attached hydrogen (secondary N) is 1. The number of carbonyl (C=O) groups excluding carboxylic acids is 1. The summed E-state index contributed by atoms with van der Waals surface area (Å²) in [6.45, 7) is 2.33. The van der Waals surface area contributed by atoms with Crippen molar-refractivity contribution in [2.24, 2.45) is 0 Å². The number of benzene rings is 2. The predicted molar refractivity (Wildman–Crippen MR) is 117 cm³/mol. The minimum Gasteiger partial charge on any atom is -0.454 e. The molecule has 7 heteroatoms. The van der Waals surface area contributed by atoms with Gasteiger partial charge in [0.05, 0.1) is 11.3 Å². The van der Waals surface area contributed by atoms with Crippen molar-refractivity contribution in [2.75, 3.05) is 36.9 Å². The van der Waals surface area contributed by atoms with Crippen LogP contribution >= 0.6 is 11.8 Å². The van der Waals surface area contributed by atoms with E-state index in [2.05, 4.69) is 18.3 Å². The second kappa shape index (κ2) is 8.21. The summed E-state index contributed by atoms with van der Waals surface area (Å²) in [6, 6.07) is 13.7. The van der Waals surface area contributed by atoms with Gasteiger partial charge in [-0.1, -0.05) is 18.7 Å². The lowest BCUT2D eigenvalue weighted by atomic mass is 10.1. The van der Waals surface area contributed by atoms with E-state index < -0.39 is 0 Å². The molecule has 0 atom stereocenters. The number of nitrogens with zero attached hydrogens (tertiary/aromatic N) is 2. The maximum Gasteiger partial charge on any atom is 0.234 e. The molecule has 4 rings (SSSR count). The summed E-state index contributed by atoms with van der Waals surface area (Å²) in [4.78, 5) is 19.2. The smallest absolute Gasteiger partial charge is 0.234 e. The number of carbonyl (C=O) groups is 1. The Bertz CT molecular complexity index is 1050. The lowest BCUT2D eigenvalue weighted by Crippen LogP contribution is -2.14. The number of pyridine rings is 1. The number of hydrogen-bond acceptors (Lipinski definition) is 6. The molecule has 0 radical (unpaired) electrons. The van der Waals surface area contributed by atoms with Gasteiger partial charge in [-0.3, -0.25) is 4.79 Å². The molecule has 0 aliphatic carbocycles. The van der Waals surface area contributed by atoms with Gasteiger partial charge in [-0.15, -0.1) is 0 Å². The average molecular weight is 410 g/mol. The van der Waals surface area contributed by atoms with Gasteiger partial charge in [0.2, 0.25) is 12.7 Å². The molecule has 0 bridgehead atoms. The van der Waals surface area contributed by atoms with Gasteiger partial charge < -0.3 is 19.7 Å². The molecule has 6 nitrogen and oxygen atoms in total. The first-order valence-corrected chi connectivity index (χ1v) is 10.5. The minimum absolute atomic E-state index is 0.0535. The Hall–Kier alpha value is -2.93. The summed E-state index contributed by atoms with van der Waals surface area (Å²) in [5.41, 5.74) is 3.83. The highest BCUT2D eigenvalue weighted by molar-refractivity contribution is 8.00. The van der Waals surface area contributed by atoms with Crippen LogP contribution < -0.4 is 19.7 Å². The molecule has 0 unspecified atom stereocenters.